The average molecular weight is 380 g/mol. The summed E-state index contributed by atoms with van der Waals surface area (Å²) in [6, 6.07) is 18.1. The van der Waals surface area contributed by atoms with E-state index in [0.29, 0.717) is 6.54 Å². The molecule has 0 aromatic heterocycles. The number of hydrogen-bond acceptors (Lipinski definition) is 3. The smallest absolute Gasteiger partial charge is 0.232 e. The third kappa shape index (κ3) is 6.80. The minimum absolute atomic E-state index is 0.0428. The molecule has 5 heteroatoms. The predicted octanol–water partition coefficient (Wildman–Crippen LogP) is 5.01. The molecule has 0 heterocycles. The van der Waals surface area contributed by atoms with Crippen LogP contribution < -0.4 is 5.32 Å². The van der Waals surface area contributed by atoms with E-state index in [-0.39, 0.29) is 11.2 Å². The fourth-order valence-electron chi connectivity index (χ4n) is 2.06. The molecule has 128 valence electrons. The van der Waals surface area contributed by atoms with Gasteiger partial charge in [0.25, 0.3) is 0 Å². The van der Waals surface area contributed by atoms with Gasteiger partial charge in [0, 0.05) is 28.8 Å². The van der Waals surface area contributed by atoms with Crippen LogP contribution in [0.5, 0.6) is 0 Å². The summed E-state index contributed by atoms with van der Waals surface area (Å²) in [4.78, 5) is 12.1. The Morgan fingerprint density at radius 2 is 1.79 bits per heavy atom. The molecule has 2 rings (SSSR count). The van der Waals surface area contributed by atoms with Crippen molar-refractivity contribution in [2.24, 2.45) is 0 Å². The molecule has 2 aromatic rings. The molecule has 2 aromatic carbocycles. The van der Waals surface area contributed by atoms with Gasteiger partial charge in [-0.2, -0.15) is 11.8 Å². The van der Waals surface area contributed by atoms with Crippen LogP contribution in [0.3, 0.4) is 0 Å². The molecule has 24 heavy (non-hydrogen) atoms. The van der Waals surface area contributed by atoms with Gasteiger partial charge < -0.3 is 5.32 Å². The van der Waals surface area contributed by atoms with Gasteiger partial charge in [-0.15, -0.1) is 11.8 Å². The topological polar surface area (TPSA) is 29.1 Å². The van der Waals surface area contributed by atoms with Crippen LogP contribution in [0.4, 0.5) is 0 Å². The quantitative estimate of drug-likeness (QED) is 0.621. The van der Waals surface area contributed by atoms with Crippen molar-refractivity contribution in [3.63, 3.8) is 0 Å². The van der Waals surface area contributed by atoms with Crippen LogP contribution in [0.25, 0.3) is 0 Å². The Bertz CT molecular complexity index is 636. The summed E-state index contributed by atoms with van der Waals surface area (Å²) in [7, 11) is 0. The van der Waals surface area contributed by atoms with Crippen LogP contribution in [-0.2, 0) is 16.3 Å². The van der Waals surface area contributed by atoms with Gasteiger partial charge in [0.1, 0.15) is 0 Å². The third-order valence-corrected chi connectivity index (χ3v) is 6.06. The molecule has 2 nitrogen and oxygen atoms in total. The Morgan fingerprint density at radius 3 is 2.54 bits per heavy atom. The van der Waals surface area contributed by atoms with Crippen LogP contribution in [0.15, 0.2) is 54.6 Å². The number of amides is 1. The van der Waals surface area contributed by atoms with Crippen LogP contribution >= 0.6 is 35.1 Å². The second-order valence-corrected chi connectivity index (χ2v) is 8.22. The molecular weight excluding hydrogens is 358 g/mol. The van der Waals surface area contributed by atoms with Crippen molar-refractivity contribution in [3.05, 3.63) is 70.7 Å². The summed E-state index contributed by atoms with van der Waals surface area (Å²) in [5, 5.41) is 3.77. The van der Waals surface area contributed by atoms with E-state index in [1.807, 2.05) is 49.4 Å². The van der Waals surface area contributed by atoms with Gasteiger partial charge in [0.2, 0.25) is 5.91 Å². The van der Waals surface area contributed by atoms with Gasteiger partial charge in [-0.3, -0.25) is 4.79 Å². The van der Waals surface area contributed by atoms with Gasteiger partial charge in [-0.1, -0.05) is 60.1 Å². The highest BCUT2D eigenvalue weighted by atomic mass is 35.5. The summed E-state index contributed by atoms with van der Waals surface area (Å²) in [5.41, 5.74) is 2.39. The highest BCUT2D eigenvalue weighted by molar-refractivity contribution is 7.99. The third-order valence-electron chi connectivity index (χ3n) is 3.47. The van der Waals surface area contributed by atoms with Crippen molar-refractivity contribution in [1.29, 1.82) is 0 Å². The monoisotopic (exact) mass is 379 g/mol. The zero-order chi connectivity index (χ0) is 17.2. The summed E-state index contributed by atoms with van der Waals surface area (Å²) >= 11 is 9.57. The number of benzene rings is 2. The molecular formula is C19H22ClNOS2. The number of nitrogens with one attached hydrogen (secondary N) is 1. The van der Waals surface area contributed by atoms with Gasteiger partial charge >= 0.3 is 0 Å². The second kappa shape index (κ2) is 10.7. The molecule has 0 saturated carbocycles. The lowest BCUT2D eigenvalue weighted by Crippen LogP contribution is -2.32. The summed E-state index contributed by atoms with van der Waals surface area (Å²) < 4.78 is 0. The predicted molar refractivity (Wildman–Crippen MR) is 108 cm³/mol. The molecule has 0 bridgehead atoms. The molecule has 0 unspecified atom stereocenters. The van der Waals surface area contributed by atoms with Crippen LogP contribution in [0, 0.1) is 0 Å². The van der Waals surface area contributed by atoms with Crippen molar-refractivity contribution < 1.29 is 4.79 Å². The van der Waals surface area contributed by atoms with Crippen LogP contribution in [0.2, 0.25) is 5.02 Å². The van der Waals surface area contributed by atoms with Crippen molar-refractivity contribution >= 4 is 41.0 Å². The first kappa shape index (κ1) is 19.2. The number of halogens is 1. The van der Waals surface area contributed by atoms with Crippen molar-refractivity contribution in [3.8, 4) is 0 Å². The van der Waals surface area contributed by atoms with Gasteiger partial charge in [0.05, 0.1) is 5.25 Å². The first-order valence-electron chi connectivity index (χ1n) is 7.91. The van der Waals surface area contributed by atoms with E-state index in [9.17, 15) is 4.79 Å². The maximum Gasteiger partial charge on any atom is 0.232 e. The number of carbonyl (C=O) groups excluding carboxylic acids is 1. The standard InChI is InChI=1S/C19H22ClNOS2/c1-15(24-13-16-7-3-2-4-8-16)19(22)21-11-12-23-14-17-9-5-6-10-18(17)20/h2-10,15H,11-14H2,1H3,(H,21,22)/t15-/m1/s1. The normalized spacial score (nSPS) is 11.9. The molecule has 0 radical (unpaired) electrons. The first-order valence-corrected chi connectivity index (χ1v) is 10.5. The lowest BCUT2D eigenvalue weighted by atomic mass is 10.2. The van der Waals surface area contributed by atoms with E-state index in [2.05, 4.69) is 17.4 Å². The molecule has 0 spiro atoms. The minimum atomic E-state index is -0.0428. The lowest BCUT2D eigenvalue weighted by molar-refractivity contribution is -0.120. The molecule has 1 N–H and O–H groups in total. The van der Waals surface area contributed by atoms with E-state index in [4.69, 9.17) is 11.6 Å². The fraction of sp³-hybridized carbons (Fsp3) is 0.316. The first-order chi connectivity index (χ1) is 11.7. The Hall–Kier alpha value is -1.10. The number of carbonyl (C=O) groups is 1. The Labute approximate surface area is 157 Å². The van der Waals surface area contributed by atoms with Gasteiger partial charge in [-0.05, 0) is 24.1 Å². The molecule has 0 fully saturated rings. The van der Waals surface area contributed by atoms with E-state index in [0.717, 1.165) is 27.8 Å². The van der Waals surface area contributed by atoms with Crippen LogP contribution in [-0.4, -0.2) is 23.5 Å². The molecule has 1 atom stereocenters. The average Bonchev–Trinajstić information content (AvgIpc) is 2.61. The minimum Gasteiger partial charge on any atom is -0.354 e. The van der Waals surface area contributed by atoms with Crippen molar-refractivity contribution in [1.82, 2.24) is 5.32 Å². The number of rotatable bonds is 9. The number of hydrogen-bond donors (Lipinski definition) is 1. The van der Waals surface area contributed by atoms with E-state index < -0.39 is 0 Å². The summed E-state index contributed by atoms with van der Waals surface area (Å²) in [6.45, 7) is 2.64. The molecule has 0 saturated heterocycles. The van der Waals surface area contributed by atoms with Crippen molar-refractivity contribution in [2.45, 2.75) is 23.7 Å². The van der Waals surface area contributed by atoms with E-state index in [1.165, 1.54) is 5.56 Å². The highest BCUT2D eigenvalue weighted by Gasteiger charge is 2.12. The second-order valence-electron chi connectivity index (χ2n) is 5.37. The molecule has 0 aliphatic heterocycles. The fourth-order valence-corrected chi connectivity index (χ4v) is 4.07. The van der Waals surface area contributed by atoms with Gasteiger partial charge in [-0.25, -0.2) is 0 Å². The van der Waals surface area contributed by atoms with E-state index >= 15 is 0 Å². The lowest BCUT2D eigenvalue weighted by Gasteiger charge is -2.12. The highest BCUT2D eigenvalue weighted by Crippen LogP contribution is 2.20. The Morgan fingerprint density at radius 1 is 1.08 bits per heavy atom. The molecule has 0 aliphatic carbocycles. The summed E-state index contributed by atoms with van der Waals surface area (Å²) in [6.07, 6.45) is 0. The van der Waals surface area contributed by atoms with Gasteiger partial charge in [0.15, 0.2) is 0 Å². The zero-order valence-electron chi connectivity index (χ0n) is 13.7. The maximum atomic E-state index is 12.1. The molecule has 1 amide bonds. The zero-order valence-corrected chi connectivity index (χ0v) is 16.1. The van der Waals surface area contributed by atoms with E-state index in [1.54, 1.807) is 23.5 Å². The number of thioether (sulfide) groups is 2. The SMILES string of the molecule is C[C@@H](SCc1ccccc1)C(=O)NCCSCc1ccccc1Cl. The Kier molecular flexibility index (Phi) is 8.57. The maximum absolute atomic E-state index is 12.1. The largest absolute Gasteiger partial charge is 0.354 e. The van der Waals surface area contributed by atoms with Crippen molar-refractivity contribution in [2.75, 3.05) is 12.3 Å². The van der Waals surface area contributed by atoms with Crippen LogP contribution in [0.1, 0.15) is 18.1 Å². The Balaban J connectivity index is 1.59. The molecule has 0 aliphatic rings. The summed E-state index contributed by atoms with van der Waals surface area (Å²) in [5.74, 6) is 2.71.